The molecule has 0 radical (unpaired) electrons. The second-order valence-electron chi connectivity index (χ2n) is 2.61. The van der Waals surface area contributed by atoms with Crippen molar-refractivity contribution in [3.05, 3.63) is 33.0 Å². The van der Waals surface area contributed by atoms with Crippen molar-refractivity contribution in [1.82, 2.24) is 4.98 Å². The Labute approximate surface area is 105 Å². The van der Waals surface area contributed by atoms with Gasteiger partial charge in [0.2, 0.25) is 0 Å². The molecule has 80 valence electrons. The van der Waals surface area contributed by atoms with Crippen molar-refractivity contribution in [2.45, 2.75) is 6.92 Å². The Hall–Kier alpha value is -0.680. The lowest BCUT2D eigenvalue weighted by molar-refractivity contribution is -0.137. The van der Waals surface area contributed by atoms with E-state index >= 15 is 0 Å². The van der Waals surface area contributed by atoms with Crippen molar-refractivity contribution < 1.29 is 9.53 Å². The van der Waals surface area contributed by atoms with Gasteiger partial charge < -0.3 is 4.74 Å². The molecule has 0 spiro atoms. The molecule has 0 bridgehead atoms. The van der Waals surface area contributed by atoms with E-state index in [4.69, 9.17) is 4.74 Å². The van der Waals surface area contributed by atoms with Gasteiger partial charge in [0.05, 0.1) is 6.61 Å². The summed E-state index contributed by atoms with van der Waals surface area (Å²) in [6.07, 6.45) is 5.00. The van der Waals surface area contributed by atoms with Crippen LogP contribution < -0.4 is 0 Å². The van der Waals surface area contributed by atoms with Crippen molar-refractivity contribution in [3.8, 4) is 0 Å². The lowest BCUT2D eigenvalue weighted by Crippen LogP contribution is -2.03. The van der Waals surface area contributed by atoms with Crippen LogP contribution in [0.25, 0.3) is 6.08 Å². The van der Waals surface area contributed by atoms with Gasteiger partial charge in [0.1, 0.15) is 4.48 Å². The molecule has 0 fully saturated rings. The van der Waals surface area contributed by atoms with Gasteiger partial charge in [-0.15, -0.1) is 0 Å². The van der Waals surface area contributed by atoms with E-state index in [2.05, 4.69) is 36.8 Å². The van der Waals surface area contributed by atoms with Crippen LogP contribution in [0.5, 0.6) is 0 Å². The molecule has 0 saturated heterocycles. The molecule has 5 heteroatoms. The third-order valence-electron chi connectivity index (χ3n) is 1.56. The summed E-state index contributed by atoms with van der Waals surface area (Å²) in [6, 6.07) is 1.80. The number of halogens is 2. The zero-order valence-corrected chi connectivity index (χ0v) is 11.2. The van der Waals surface area contributed by atoms with Crippen LogP contribution >= 0.6 is 31.9 Å². The Kier molecular flexibility index (Phi) is 4.98. The number of carbonyl (C=O) groups is 1. The third kappa shape index (κ3) is 3.76. The number of hydrogen-bond acceptors (Lipinski definition) is 3. The van der Waals surface area contributed by atoms with Crippen LogP contribution in [0.3, 0.4) is 0 Å². The predicted molar refractivity (Wildman–Crippen MR) is 65.5 cm³/mol. The number of ether oxygens (including phenoxy) is 1. The molecule has 1 aromatic heterocycles. The summed E-state index contributed by atoms with van der Waals surface area (Å²) in [7, 11) is 0. The molecule has 0 N–H and O–H groups in total. The van der Waals surface area contributed by atoms with E-state index in [0.29, 0.717) is 11.1 Å². The maximum atomic E-state index is 11.3. The maximum absolute atomic E-state index is 11.3. The molecule has 0 aliphatic rings. The zero-order valence-electron chi connectivity index (χ0n) is 8.04. The zero-order chi connectivity index (χ0) is 11.3. The number of esters is 1. The minimum Gasteiger partial charge on any atom is -0.462 e. The molecule has 0 aliphatic heterocycles. The summed E-state index contributed by atoms with van der Waals surface area (Å²) in [5.41, 5.74) is 0.866. The highest BCUT2D eigenvalue weighted by molar-refractivity contribution is 9.12. The largest absolute Gasteiger partial charge is 0.462 e. The number of aromatic nitrogens is 1. The fourth-order valence-corrected chi connectivity index (χ4v) is 1.62. The van der Waals surface area contributed by atoms with E-state index in [1.807, 2.05) is 0 Å². The van der Waals surface area contributed by atoms with E-state index in [9.17, 15) is 4.79 Å². The second kappa shape index (κ2) is 6.02. The minimum atomic E-state index is -0.374. The van der Waals surface area contributed by atoms with E-state index < -0.39 is 0 Å². The van der Waals surface area contributed by atoms with Gasteiger partial charge >= 0.3 is 5.97 Å². The predicted octanol–water partition coefficient (Wildman–Crippen LogP) is 3.14. The maximum Gasteiger partial charge on any atom is 0.345 e. The van der Waals surface area contributed by atoms with Gasteiger partial charge in [-0.25, -0.2) is 4.79 Å². The normalized spacial score (nSPS) is 11.3. The van der Waals surface area contributed by atoms with Gasteiger partial charge in [-0.1, -0.05) is 0 Å². The summed E-state index contributed by atoms with van der Waals surface area (Å²) in [5, 5.41) is 0. The number of carbonyl (C=O) groups excluding carboxylic acids is 1. The summed E-state index contributed by atoms with van der Waals surface area (Å²) in [4.78, 5) is 15.2. The van der Waals surface area contributed by atoms with Gasteiger partial charge in [0.15, 0.2) is 0 Å². The molecule has 15 heavy (non-hydrogen) atoms. The number of pyridine rings is 1. The van der Waals surface area contributed by atoms with Crippen LogP contribution in [0, 0.1) is 0 Å². The van der Waals surface area contributed by atoms with Crippen molar-refractivity contribution in [1.29, 1.82) is 0 Å². The third-order valence-corrected chi connectivity index (χ3v) is 2.77. The van der Waals surface area contributed by atoms with Gasteiger partial charge in [-0.3, -0.25) is 4.98 Å². The molecule has 1 aromatic rings. The van der Waals surface area contributed by atoms with Gasteiger partial charge in [0, 0.05) is 16.9 Å². The van der Waals surface area contributed by atoms with Crippen LogP contribution in [0.1, 0.15) is 12.5 Å². The van der Waals surface area contributed by atoms with E-state index in [0.717, 1.165) is 10.0 Å². The molecule has 0 amide bonds. The first-order valence-electron chi connectivity index (χ1n) is 4.29. The van der Waals surface area contributed by atoms with Crippen molar-refractivity contribution in [2.75, 3.05) is 6.61 Å². The van der Waals surface area contributed by atoms with Crippen LogP contribution in [0.2, 0.25) is 0 Å². The van der Waals surface area contributed by atoms with E-state index in [1.165, 1.54) is 0 Å². The average Bonchev–Trinajstić information content (AvgIpc) is 2.21. The topological polar surface area (TPSA) is 39.2 Å². The molecular weight excluding hydrogens is 326 g/mol. The first-order chi connectivity index (χ1) is 7.15. The van der Waals surface area contributed by atoms with E-state index in [-0.39, 0.29) is 5.97 Å². The molecule has 0 aromatic carbocycles. The highest BCUT2D eigenvalue weighted by Gasteiger charge is 2.07. The second-order valence-corrected chi connectivity index (χ2v) is 4.32. The molecule has 1 heterocycles. The molecule has 0 saturated carbocycles. The quantitative estimate of drug-likeness (QED) is 0.629. The van der Waals surface area contributed by atoms with Crippen LogP contribution in [-0.4, -0.2) is 17.6 Å². The van der Waals surface area contributed by atoms with Crippen molar-refractivity contribution >= 4 is 43.9 Å². The standard InChI is InChI=1S/C10H9Br2NO2/c1-2-15-10(14)8(11)5-7-3-4-13-6-9(7)12/h3-6H,2H2,1H3/b8-5-. The molecule has 0 unspecified atom stereocenters. The number of nitrogens with zero attached hydrogens (tertiary/aromatic N) is 1. The first kappa shape index (κ1) is 12.4. The highest BCUT2D eigenvalue weighted by atomic mass is 79.9. The Morgan fingerprint density at radius 3 is 3.00 bits per heavy atom. The molecular formula is C10H9Br2NO2. The highest BCUT2D eigenvalue weighted by Crippen LogP contribution is 2.20. The molecule has 1 rings (SSSR count). The van der Waals surface area contributed by atoms with E-state index in [1.54, 1.807) is 31.5 Å². The monoisotopic (exact) mass is 333 g/mol. The summed E-state index contributed by atoms with van der Waals surface area (Å²) in [5.74, 6) is -0.374. The number of rotatable bonds is 3. The van der Waals surface area contributed by atoms with Crippen LogP contribution in [-0.2, 0) is 9.53 Å². The molecule has 3 nitrogen and oxygen atoms in total. The average molecular weight is 335 g/mol. The van der Waals surface area contributed by atoms with Gasteiger partial charge in [0.25, 0.3) is 0 Å². The Morgan fingerprint density at radius 2 is 2.40 bits per heavy atom. The first-order valence-corrected chi connectivity index (χ1v) is 5.87. The lowest BCUT2D eigenvalue weighted by atomic mass is 10.2. The minimum absolute atomic E-state index is 0.360. The SMILES string of the molecule is CCOC(=O)/C(Br)=C/c1ccncc1Br. The Bertz CT molecular complexity index is 391. The summed E-state index contributed by atoms with van der Waals surface area (Å²) in [6.45, 7) is 2.12. The fraction of sp³-hybridized carbons (Fsp3) is 0.200. The lowest BCUT2D eigenvalue weighted by Gasteiger charge is -2.01. The Morgan fingerprint density at radius 1 is 1.67 bits per heavy atom. The van der Waals surface area contributed by atoms with Crippen molar-refractivity contribution in [3.63, 3.8) is 0 Å². The smallest absolute Gasteiger partial charge is 0.345 e. The molecule has 0 atom stereocenters. The summed E-state index contributed by atoms with van der Waals surface area (Å²) >= 11 is 6.49. The van der Waals surface area contributed by atoms with Crippen LogP contribution in [0.15, 0.2) is 27.4 Å². The Balaban J connectivity index is 2.88. The van der Waals surface area contributed by atoms with Crippen LogP contribution in [0.4, 0.5) is 0 Å². The van der Waals surface area contributed by atoms with Crippen molar-refractivity contribution in [2.24, 2.45) is 0 Å². The molecule has 0 aliphatic carbocycles. The van der Waals surface area contributed by atoms with Gasteiger partial charge in [-0.05, 0) is 56.5 Å². The number of hydrogen-bond donors (Lipinski definition) is 0. The fourth-order valence-electron chi connectivity index (χ4n) is 0.898. The van der Waals surface area contributed by atoms with Gasteiger partial charge in [-0.2, -0.15) is 0 Å². The summed E-state index contributed by atoms with van der Waals surface area (Å²) < 4.78 is 6.04.